The minimum atomic E-state index is -0.370. The molecule has 0 unspecified atom stereocenters. The third kappa shape index (κ3) is 3.66. The fraction of sp³-hybridized carbons (Fsp3) is 0.133. The van der Waals surface area contributed by atoms with Crippen LogP contribution in [0.15, 0.2) is 34.8 Å². The van der Waals surface area contributed by atoms with Crippen molar-refractivity contribution in [1.82, 2.24) is 0 Å². The fourth-order valence-electron chi connectivity index (χ4n) is 1.82. The number of benzene rings is 2. The van der Waals surface area contributed by atoms with Crippen LogP contribution in [0.2, 0.25) is 10.0 Å². The maximum Gasteiger partial charge on any atom is 0.257 e. The molecule has 2 rings (SSSR count). The number of ether oxygens (including phenoxy) is 2. The molecule has 1 amide bonds. The molecule has 2 aromatic carbocycles. The van der Waals surface area contributed by atoms with E-state index in [1.807, 2.05) is 0 Å². The Labute approximate surface area is 146 Å². The molecule has 0 saturated carbocycles. The van der Waals surface area contributed by atoms with Crippen LogP contribution in [0.5, 0.6) is 11.5 Å². The smallest absolute Gasteiger partial charge is 0.257 e. The first-order chi connectivity index (χ1) is 10.5. The Kier molecular flexibility index (Phi) is 5.56. The van der Waals surface area contributed by atoms with Crippen LogP contribution < -0.4 is 14.8 Å². The maximum atomic E-state index is 12.4. The van der Waals surface area contributed by atoms with E-state index >= 15 is 0 Å². The van der Waals surface area contributed by atoms with E-state index < -0.39 is 0 Å². The second-order valence-corrected chi connectivity index (χ2v) is 6.00. The summed E-state index contributed by atoms with van der Waals surface area (Å²) in [6.07, 6.45) is 0. The van der Waals surface area contributed by atoms with Gasteiger partial charge in [-0.3, -0.25) is 4.79 Å². The molecule has 0 saturated heterocycles. The van der Waals surface area contributed by atoms with Crippen molar-refractivity contribution < 1.29 is 14.3 Å². The summed E-state index contributed by atoms with van der Waals surface area (Å²) in [6.45, 7) is 0. The molecule has 116 valence electrons. The zero-order chi connectivity index (χ0) is 16.3. The molecule has 0 aromatic heterocycles. The quantitative estimate of drug-likeness (QED) is 0.777. The van der Waals surface area contributed by atoms with E-state index in [1.165, 1.54) is 14.2 Å². The number of anilines is 1. The second-order valence-electron chi connectivity index (χ2n) is 4.27. The molecule has 22 heavy (non-hydrogen) atoms. The Hall–Kier alpha value is -1.43. The predicted octanol–water partition coefficient (Wildman–Crippen LogP) is 5.03. The first-order valence-corrected chi connectivity index (χ1v) is 7.69. The van der Waals surface area contributed by atoms with Crippen LogP contribution in [-0.2, 0) is 0 Å². The number of methoxy groups -OCH3 is 2. The van der Waals surface area contributed by atoms with Crippen molar-refractivity contribution in [2.45, 2.75) is 0 Å². The molecule has 4 nitrogen and oxygen atoms in total. The van der Waals surface area contributed by atoms with Gasteiger partial charge in [0, 0.05) is 10.5 Å². The van der Waals surface area contributed by atoms with Gasteiger partial charge < -0.3 is 14.8 Å². The van der Waals surface area contributed by atoms with E-state index in [9.17, 15) is 4.79 Å². The van der Waals surface area contributed by atoms with Crippen molar-refractivity contribution in [2.75, 3.05) is 19.5 Å². The van der Waals surface area contributed by atoms with Gasteiger partial charge in [0.2, 0.25) is 0 Å². The molecule has 1 N–H and O–H groups in total. The van der Waals surface area contributed by atoms with Gasteiger partial charge in [0.1, 0.15) is 11.5 Å². The van der Waals surface area contributed by atoms with Gasteiger partial charge in [0.15, 0.2) is 0 Å². The molecule has 0 aliphatic rings. The molecule has 0 radical (unpaired) electrons. The monoisotopic (exact) mass is 403 g/mol. The Morgan fingerprint density at radius 3 is 2.36 bits per heavy atom. The molecule has 7 heteroatoms. The standard InChI is InChI=1S/C15H12BrCl2NO3/c1-21-13-7-14(22-2)12(6-11(13)18)19-15(20)9-5-8(16)3-4-10(9)17/h3-7H,1-2H3,(H,19,20). The summed E-state index contributed by atoms with van der Waals surface area (Å²) in [5.41, 5.74) is 0.763. The molecule has 0 spiro atoms. The summed E-state index contributed by atoms with van der Waals surface area (Å²) in [5, 5.41) is 3.44. The van der Waals surface area contributed by atoms with E-state index in [4.69, 9.17) is 32.7 Å². The molecule has 0 aliphatic heterocycles. The van der Waals surface area contributed by atoms with Crippen molar-refractivity contribution in [3.05, 3.63) is 50.4 Å². The van der Waals surface area contributed by atoms with Crippen molar-refractivity contribution in [3.8, 4) is 11.5 Å². The lowest BCUT2D eigenvalue weighted by Crippen LogP contribution is -2.13. The van der Waals surface area contributed by atoms with Gasteiger partial charge in [-0.2, -0.15) is 0 Å². The third-order valence-electron chi connectivity index (χ3n) is 2.90. The summed E-state index contributed by atoms with van der Waals surface area (Å²) in [7, 11) is 2.99. The lowest BCUT2D eigenvalue weighted by molar-refractivity contribution is 0.102. The topological polar surface area (TPSA) is 47.6 Å². The number of carbonyl (C=O) groups excluding carboxylic acids is 1. The first-order valence-electron chi connectivity index (χ1n) is 6.14. The Balaban J connectivity index is 2.36. The van der Waals surface area contributed by atoms with Crippen LogP contribution in [0.4, 0.5) is 5.69 Å². The van der Waals surface area contributed by atoms with Crippen LogP contribution in [-0.4, -0.2) is 20.1 Å². The van der Waals surface area contributed by atoms with Crippen LogP contribution in [0.1, 0.15) is 10.4 Å². The number of hydrogen-bond donors (Lipinski definition) is 1. The number of halogens is 3. The van der Waals surface area contributed by atoms with Crippen molar-refractivity contribution in [2.24, 2.45) is 0 Å². The Morgan fingerprint density at radius 1 is 1.05 bits per heavy atom. The molecule has 0 fully saturated rings. The Morgan fingerprint density at radius 2 is 1.73 bits per heavy atom. The lowest BCUT2D eigenvalue weighted by atomic mass is 10.2. The highest BCUT2D eigenvalue weighted by molar-refractivity contribution is 9.10. The number of carbonyl (C=O) groups is 1. The molecular weight excluding hydrogens is 393 g/mol. The number of hydrogen-bond acceptors (Lipinski definition) is 3. The minimum absolute atomic E-state index is 0.338. The first kappa shape index (κ1) is 16.9. The summed E-state index contributed by atoms with van der Waals surface area (Å²) < 4.78 is 11.1. The van der Waals surface area contributed by atoms with Gasteiger partial charge in [-0.15, -0.1) is 0 Å². The van der Waals surface area contributed by atoms with Crippen LogP contribution in [0, 0.1) is 0 Å². The number of amides is 1. The lowest BCUT2D eigenvalue weighted by Gasteiger charge is -2.13. The van der Waals surface area contributed by atoms with Crippen LogP contribution in [0.3, 0.4) is 0 Å². The zero-order valence-corrected chi connectivity index (χ0v) is 14.8. The maximum absolute atomic E-state index is 12.4. The van der Waals surface area contributed by atoms with E-state index in [1.54, 1.807) is 30.3 Å². The van der Waals surface area contributed by atoms with E-state index in [-0.39, 0.29) is 5.91 Å². The summed E-state index contributed by atoms with van der Waals surface area (Å²) in [5.74, 6) is 0.517. The van der Waals surface area contributed by atoms with E-state index in [2.05, 4.69) is 21.2 Å². The van der Waals surface area contributed by atoms with Gasteiger partial charge >= 0.3 is 0 Å². The summed E-state index contributed by atoms with van der Waals surface area (Å²) >= 11 is 15.4. The van der Waals surface area contributed by atoms with Crippen molar-refractivity contribution in [1.29, 1.82) is 0 Å². The minimum Gasteiger partial charge on any atom is -0.495 e. The normalized spacial score (nSPS) is 10.2. The van der Waals surface area contributed by atoms with Crippen molar-refractivity contribution in [3.63, 3.8) is 0 Å². The van der Waals surface area contributed by atoms with E-state index in [0.717, 1.165) is 4.47 Å². The molecule has 2 aromatic rings. The molecule has 0 bridgehead atoms. The fourth-order valence-corrected chi connectivity index (χ4v) is 2.62. The van der Waals surface area contributed by atoms with E-state index in [0.29, 0.717) is 32.8 Å². The van der Waals surface area contributed by atoms with Crippen molar-refractivity contribution >= 4 is 50.7 Å². The third-order valence-corrected chi connectivity index (χ3v) is 4.01. The SMILES string of the molecule is COc1cc(OC)c(NC(=O)c2cc(Br)ccc2Cl)cc1Cl. The van der Waals surface area contributed by atoms with Crippen LogP contribution in [0.25, 0.3) is 0 Å². The molecule has 0 aliphatic carbocycles. The Bertz CT molecular complexity index is 722. The molecule has 0 heterocycles. The molecular formula is C15H12BrCl2NO3. The second kappa shape index (κ2) is 7.22. The number of rotatable bonds is 4. The van der Waals surface area contributed by atoms with Gasteiger partial charge in [-0.05, 0) is 24.3 Å². The zero-order valence-electron chi connectivity index (χ0n) is 11.7. The molecule has 0 atom stereocenters. The predicted molar refractivity (Wildman–Crippen MR) is 91.7 cm³/mol. The summed E-state index contributed by atoms with van der Waals surface area (Å²) in [6, 6.07) is 8.18. The largest absolute Gasteiger partial charge is 0.495 e. The van der Waals surface area contributed by atoms with Gasteiger partial charge in [-0.25, -0.2) is 0 Å². The van der Waals surface area contributed by atoms with Crippen LogP contribution >= 0.6 is 39.1 Å². The highest BCUT2D eigenvalue weighted by Gasteiger charge is 2.16. The highest BCUT2D eigenvalue weighted by Crippen LogP contribution is 2.36. The van der Waals surface area contributed by atoms with Gasteiger partial charge in [-0.1, -0.05) is 39.1 Å². The van der Waals surface area contributed by atoms with Gasteiger partial charge in [0.25, 0.3) is 5.91 Å². The number of nitrogens with one attached hydrogen (secondary N) is 1. The average molecular weight is 405 g/mol. The summed E-state index contributed by atoms with van der Waals surface area (Å²) in [4.78, 5) is 12.4. The highest BCUT2D eigenvalue weighted by atomic mass is 79.9. The average Bonchev–Trinajstić information content (AvgIpc) is 2.50. The van der Waals surface area contributed by atoms with Gasteiger partial charge in [0.05, 0.1) is 35.5 Å².